The first-order valence-corrected chi connectivity index (χ1v) is 5.87. The second kappa shape index (κ2) is 4.20. The van der Waals surface area contributed by atoms with Crippen LogP contribution in [0.2, 0.25) is 0 Å². The van der Waals surface area contributed by atoms with Gasteiger partial charge in [-0.15, -0.1) is 0 Å². The molecule has 1 aliphatic heterocycles. The fourth-order valence-corrected chi connectivity index (χ4v) is 2.70. The Morgan fingerprint density at radius 1 is 1.21 bits per heavy atom. The highest BCUT2D eigenvalue weighted by molar-refractivity contribution is 5.80. The van der Waals surface area contributed by atoms with E-state index in [1.54, 1.807) is 0 Å². The third-order valence-corrected chi connectivity index (χ3v) is 3.48. The summed E-state index contributed by atoms with van der Waals surface area (Å²) in [5, 5.41) is 0. The maximum absolute atomic E-state index is 5.93. The zero-order chi connectivity index (χ0) is 9.97. The fourth-order valence-electron chi connectivity index (χ4n) is 2.70. The minimum Gasteiger partial charge on any atom is -0.370 e. The smallest absolute Gasteiger partial charge is 0.191 e. The van der Waals surface area contributed by atoms with Crippen molar-refractivity contribution < 1.29 is 0 Å². The van der Waals surface area contributed by atoms with Gasteiger partial charge in [0.25, 0.3) is 0 Å². The van der Waals surface area contributed by atoms with Gasteiger partial charge in [-0.2, -0.15) is 0 Å². The van der Waals surface area contributed by atoms with Crippen LogP contribution in [0.25, 0.3) is 0 Å². The van der Waals surface area contributed by atoms with Gasteiger partial charge in [0.05, 0.1) is 6.54 Å². The maximum atomic E-state index is 5.93. The van der Waals surface area contributed by atoms with Crippen LogP contribution in [-0.2, 0) is 0 Å². The first-order valence-electron chi connectivity index (χ1n) is 5.87. The molecule has 2 aliphatic rings. The van der Waals surface area contributed by atoms with Gasteiger partial charge in [0.2, 0.25) is 0 Å². The molecule has 3 nitrogen and oxygen atoms in total. The van der Waals surface area contributed by atoms with Crippen molar-refractivity contribution in [3.63, 3.8) is 0 Å². The van der Waals surface area contributed by atoms with Crippen LogP contribution < -0.4 is 5.73 Å². The Hall–Kier alpha value is -0.730. The first-order chi connectivity index (χ1) is 6.79. The molecule has 1 atom stereocenters. The van der Waals surface area contributed by atoms with E-state index in [-0.39, 0.29) is 0 Å². The van der Waals surface area contributed by atoms with E-state index in [0.29, 0.717) is 12.1 Å². The van der Waals surface area contributed by atoms with Crippen LogP contribution >= 0.6 is 0 Å². The minimum atomic E-state index is 0.526. The molecule has 0 aromatic carbocycles. The summed E-state index contributed by atoms with van der Waals surface area (Å²) < 4.78 is 0. The Morgan fingerprint density at radius 3 is 2.36 bits per heavy atom. The summed E-state index contributed by atoms with van der Waals surface area (Å²) in [4.78, 5) is 6.68. The van der Waals surface area contributed by atoms with Crippen molar-refractivity contribution >= 4 is 5.96 Å². The lowest BCUT2D eigenvalue weighted by molar-refractivity contribution is 0.247. The third-order valence-electron chi connectivity index (χ3n) is 3.48. The molecule has 2 rings (SSSR count). The summed E-state index contributed by atoms with van der Waals surface area (Å²) in [5.41, 5.74) is 5.93. The molecule has 0 radical (unpaired) electrons. The van der Waals surface area contributed by atoms with E-state index in [2.05, 4.69) is 16.8 Å². The van der Waals surface area contributed by atoms with Crippen LogP contribution in [0.5, 0.6) is 0 Å². The molecule has 80 valence electrons. The highest BCUT2D eigenvalue weighted by atomic mass is 15.3. The predicted molar refractivity (Wildman–Crippen MR) is 59.3 cm³/mol. The molecule has 0 bridgehead atoms. The van der Waals surface area contributed by atoms with E-state index in [1.807, 2.05) is 0 Å². The lowest BCUT2D eigenvalue weighted by Gasteiger charge is -2.32. The Morgan fingerprint density at radius 2 is 1.86 bits per heavy atom. The van der Waals surface area contributed by atoms with E-state index in [4.69, 9.17) is 5.73 Å². The maximum Gasteiger partial charge on any atom is 0.191 e. The molecular formula is C11H21N3. The van der Waals surface area contributed by atoms with Crippen molar-refractivity contribution in [2.75, 3.05) is 6.54 Å². The van der Waals surface area contributed by atoms with Crippen molar-refractivity contribution in [2.45, 2.75) is 57.5 Å². The van der Waals surface area contributed by atoms with Crippen LogP contribution in [0.3, 0.4) is 0 Å². The lowest BCUT2D eigenvalue weighted by Crippen LogP contribution is -2.46. The van der Waals surface area contributed by atoms with Gasteiger partial charge in [-0.05, 0) is 19.8 Å². The van der Waals surface area contributed by atoms with Crippen molar-refractivity contribution in [3.05, 3.63) is 0 Å². The molecule has 2 N–H and O–H groups in total. The molecule has 0 amide bonds. The van der Waals surface area contributed by atoms with Gasteiger partial charge >= 0.3 is 0 Å². The van der Waals surface area contributed by atoms with E-state index in [0.717, 1.165) is 12.5 Å². The zero-order valence-electron chi connectivity index (χ0n) is 9.08. The summed E-state index contributed by atoms with van der Waals surface area (Å²) in [6, 6.07) is 1.19. The summed E-state index contributed by atoms with van der Waals surface area (Å²) in [6.07, 6.45) is 8.13. The minimum absolute atomic E-state index is 0.526. The summed E-state index contributed by atoms with van der Waals surface area (Å²) in [5.74, 6) is 0.782. The monoisotopic (exact) mass is 195 g/mol. The molecular weight excluding hydrogens is 174 g/mol. The molecule has 0 spiro atoms. The Balaban J connectivity index is 2.01. The summed E-state index contributed by atoms with van der Waals surface area (Å²) in [6.45, 7) is 3.12. The molecule has 14 heavy (non-hydrogen) atoms. The van der Waals surface area contributed by atoms with E-state index < -0.39 is 0 Å². The molecule has 1 fully saturated rings. The third kappa shape index (κ3) is 1.86. The quantitative estimate of drug-likeness (QED) is 0.647. The Bertz CT molecular complexity index is 217. The average molecular weight is 195 g/mol. The van der Waals surface area contributed by atoms with Crippen molar-refractivity contribution in [2.24, 2.45) is 10.7 Å². The van der Waals surface area contributed by atoms with Crippen LogP contribution in [0.1, 0.15) is 45.4 Å². The van der Waals surface area contributed by atoms with E-state index >= 15 is 0 Å². The van der Waals surface area contributed by atoms with Gasteiger partial charge in [-0.1, -0.05) is 25.7 Å². The van der Waals surface area contributed by atoms with Gasteiger partial charge in [-0.25, -0.2) is 0 Å². The van der Waals surface area contributed by atoms with Crippen LogP contribution in [0, 0.1) is 0 Å². The number of guanidine groups is 1. The first kappa shape index (κ1) is 9.81. The second-order valence-corrected chi connectivity index (χ2v) is 4.60. The molecule has 1 aliphatic carbocycles. The summed E-state index contributed by atoms with van der Waals surface area (Å²) in [7, 11) is 0. The van der Waals surface area contributed by atoms with Gasteiger partial charge < -0.3 is 10.6 Å². The number of hydrogen-bond acceptors (Lipinski definition) is 3. The molecule has 3 heteroatoms. The number of nitrogens with two attached hydrogens (primary N) is 1. The fraction of sp³-hybridized carbons (Fsp3) is 0.909. The molecule has 1 unspecified atom stereocenters. The SMILES string of the molecule is CC1CN=C(N)N1C1CCCCCC1. The molecule has 0 aromatic heterocycles. The van der Waals surface area contributed by atoms with E-state index in [9.17, 15) is 0 Å². The van der Waals surface area contributed by atoms with Crippen LogP contribution in [-0.4, -0.2) is 29.5 Å². The summed E-state index contributed by atoms with van der Waals surface area (Å²) >= 11 is 0. The van der Waals surface area contributed by atoms with Gasteiger partial charge in [-0.3, -0.25) is 4.99 Å². The average Bonchev–Trinajstić information content (AvgIpc) is 2.45. The number of aliphatic imine (C=N–C) groups is 1. The highest BCUT2D eigenvalue weighted by Gasteiger charge is 2.29. The molecule has 0 aromatic rings. The molecule has 1 heterocycles. The highest BCUT2D eigenvalue weighted by Crippen LogP contribution is 2.25. The Kier molecular flexibility index (Phi) is 2.94. The van der Waals surface area contributed by atoms with Crippen molar-refractivity contribution in [3.8, 4) is 0 Å². The molecule has 1 saturated carbocycles. The number of hydrogen-bond donors (Lipinski definition) is 1. The van der Waals surface area contributed by atoms with Crippen LogP contribution in [0.4, 0.5) is 0 Å². The number of nitrogens with zero attached hydrogens (tertiary/aromatic N) is 2. The normalized spacial score (nSPS) is 30.2. The number of rotatable bonds is 1. The predicted octanol–water partition coefficient (Wildman–Crippen LogP) is 1.73. The second-order valence-electron chi connectivity index (χ2n) is 4.60. The van der Waals surface area contributed by atoms with Gasteiger partial charge in [0, 0.05) is 12.1 Å². The van der Waals surface area contributed by atoms with Crippen molar-refractivity contribution in [1.29, 1.82) is 0 Å². The standard InChI is InChI=1S/C11H21N3/c1-9-8-13-11(12)14(9)10-6-4-2-3-5-7-10/h9-10H,2-8H2,1H3,(H2,12,13). The van der Waals surface area contributed by atoms with Crippen molar-refractivity contribution in [1.82, 2.24) is 4.90 Å². The van der Waals surface area contributed by atoms with Crippen LogP contribution in [0.15, 0.2) is 4.99 Å². The zero-order valence-corrected chi connectivity index (χ0v) is 9.08. The molecule has 0 saturated heterocycles. The largest absolute Gasteiger partial charge is 0.370 e. The lowest BCUT2D eigenvalue weighted by atomic mass is 10.1. The topological polar surface area (TPSA) is 41.6 Å². The Labute approximate surface area is 86.4 Å². The van der Waals surface area contributed by atoms with Gasteiger partial charge in [0.15, 0.2) is 5.96 Å². The van der Waals surface area contributed by atoms with Gasteiger partial charge in [0.1, 0.15) is 0 Å². The van der Waals surface area contributed by atoms with E-state index in [1.165, 1.54) is 38.5 Å².